The Balaban J connectivity index is 1.80. The van der Waals surface area contributed by atoms with Crippen LogP contribution in [0.5, 0.6) is 0 Å². The molecule has 1 atom stereocenters. The summed E-state index contributed by atoms with van der Waals surface area (Å²) in [5.41, 5.74) is 2.48. The molecule has 0 bridgehead atoms. The zero-order valence-corrected chi connectivity index (χ0v) is 14.6. The molecule has 0 radical (unpaired) electrons. The van der Waals surface area contributed by atoms with Crippen LogP contribution in [0.1, 0.15) is 29.7 Å². The first-order valence-corrected chi connectivity index (χ1v) is 8.67. The second-order valence-electron chi connectivity index (χ2n) is 6.75. The maximum atomic E-state index is 9.46. The highest BCUT2D eigenvalue weighted by atomic mass is 16.5. The minimum absolute atomic E-state index is 0.0475. The van der Waals surface area contributed by atoms with Crippen LogP contribution in [0, 0.1) is 25.2 Å². The largest absolute Gasteiger partial charge is 0.379 e. The van der Waals surface area contributed by atoms with Gasteiger partial charge in [-0.2, -0.15) is 5.26 Å². The smallest absolute Gasteiger partial charge is 0.144 e. The molecule has 0 aliphatic carbocycles. The predicted molar refractivity (Wildman–Crippen MR) is 92.1 cm³/mol. The van der Waals surface area contributed by atoms with E-state index < -0.39 is 0 Å². The molecular weight excluding hydrogens is 304 g/mol. The fourth-order valence-electron chi connectivity index (χ4n) is 3.73. The molecule has 0 aromatic carbocycles. The van der Waals surface area contributed by atoms with Gasteiger partial charge in [-0.05, 0) is 38.3 Å². The molecule has 1 N–H and O–H groups in total. The maximum absolute atomic E-state index is 9.46. The first kappa shape index (κ1) is 17.2. The average molecular weight is 330 g/mol. The summed E-state index contributed by atoms with van der Waals surface area (Å²) in [5, 5.41) is 12.9. The molecule has 1 aromatic heterocycles. The van der Waals surface area contributed by atoms with E-state index in [-0.39, 0.29) is 5.54 Å². The SMILES string of the molecule is Cc1cc(C)c(C#N)c(NCC2(N3CCOCC3)CCCOC2)n1. The third-order valence-corrected chi connectivity index (χ3v) is 5.02. The third-order valence-electron chi connectivity index (χ3n) is 5.02. The number of nitriles is 1. The summed E-state index contributed by atoms with van der Waals surface area (Å²) in [6.07, 6.45) is 2.15. The number of nitrogens with zero attached hydrogens (tertiary/aromatic N) is 3. The number of morpholine rings is 1. The highest BCUT2D eigenvalue weighted by Gasteiger charge is 2.39. The van der Waals surface area contributed by atoms with Gasteiger partial charge < -0.3 is 14.8 Å². The number of hydrogen-bond acceptors (Lipinski definition) is 6. The van der Waals surface area contributed by atoms with Gasteiger partial charge in [-0.15, -0.1) is 0 Å². The minimum atomic E-state index is -0.0475. The molecule has 1 unspecified atom stereocenters. The van der Waals surface area contributed by atoms with Crippen molar-refractivity contribution in [3.63, 3.8) is 0 Å². The zero-order valence-electron chi connectivity index (χ0n) is 14.6. The Labute approximate surface area is 143 Å². The van der Waals surface area contributed by atoms with Gasteiger partial charge in [0.05, 0.1) is 30.9 Å². The molecule has 6 heteroatoms. The Bertz CT molecular complexity index is 614. The van der Waals surface area contributed by atoms with E-state index in [0.29, 0.717) is 18.0 Å². The van der Waals surface area contributed by atoms with Crippen LogP contribution in [0.3, 0.4) is 0 Å². The molecule has 0 spiro atoms. The van der Waals surface area contributed by atoms with Crippen LogP contribution >= 0.6 is 0 Å². The van der Waals surface area contributed by atoms with Crippen molar-refractivity contribution < 1.29 is 9.47 Å². The van der Waals surface area contributed by atoms with Gasteiger partial charge in [0.2, 0.25) is 0 Å². The molecule has 24 heavy (non-hydrogen) atoms. The first-order chi connectivity index (χ1) is 11.6. The normalized spacial score (nSPS) is 25.2. The van der Waals surface area contributed by atoms with Crippen LogP contribution in [0.2, 0.25) is 0 Å². The van der Waals surface area contributed by atoms with Crippen molar-refractivity contribution in [2.45, 2.75) is 32.2 Å². The number of aromatic nitrogens is 1. The lowest BCUT2D eigenvalue weighted by Crippen LogP contribution is -2.61. The van der Waals surface area contributed by atoms with Crippen LogP contribution in [0.25, 0.3) is 0 Å². The lowest BCUT2D eigenvalue weighted by atomic mass is 9.89. The molecule has 6 nitrogen and oxygen atoms in total. The third kappa shape index (κ3) is 3.54. The van der Waals surface area contributed by atoms with E-state index in [1.807, 2.05) is 19.9 Å². The maximum Gasteiger partial charge on any atom is 0.144 e. The summed E-state index contributed by atoms with van der Waals surface area (Å²) in [6, 6.07) is 4.23. The van der Waals surface area contributed by atoms with E-state index in [1.54, 1.807) is 0 Å². The summed E-state index contributed by atoms with van der Waals surface area (Å²) < 4.78 is 11.3. The Hall–Kier alpha value is -1.68. The van der Waals surface area contributed by atoms with Gasteiger partial charge in [-0.25, -0.2) is 4.98 Å². The molecule has 0 amide bonds. The van der Waals surface area contributed by atoms with Crippen molar-refractivity contribution in [3.8, 4) is 6.07 Å². The number of anilines is 1. The lowest BCUT2D eigenvalue weighted by molar-refractivity contribution is -0.0800. The second kappa shape index (κ2) is 7.47. The monoisotopic (exact) mass is 330 g/mol. The van der Waals surface area contributed by atoms with Crippen molar-refractivity contribution in [3.05, 3.63) is 22.9 Å². The molecule has 0 saturated carbocycles. The van der Waals surface area contributed by atoms with E-state index >= 15 is 0 Å². The van der Waals surface area contributed by atoms with E-state index in [1.165, 1.54) is 0 Å². The number of pyridine rings is 1. The molecule has 2 saturated heterocycles. The van der Waals surface area contributed by atoms with Gasteiger partial charge in [0.1, 0.15) is 11.9 Å². The number of ether oxygens (including phenoxy) is 2. The van der Waals surface area contributed by atoms with Crippen molar-refractivity contribution in [2.24, 2.45) is 0 Å². The van der Waals surface area contributed by atoms with Crippen molar-refractivity contribution in [1.82, 2.24) is 9.88 Å². The molecular formula is C18H26N4O2. The standard InChI is InChI=1S/C18H26N4O2/c1-14-10-15(2)21-17(16(14)11-19)20-12-18(4-3-7-24-13-18)22-5-8-23-9-6-22/h10H,3-9,12-13H2,1-2H3,(H,20,21). The molecule has 2 aliphatic heterocycles. The quantitative estimate of drug-likeness (QED) is 0.909. The Morgan fingerprint density at radius 1 is 1.29 bits per heavy atom. The molecule has 3 heterocycles. The van der Waals surface area contributed by atoms with Crippen LogP contribution in [-0.4, -0.2) is 61.5 Å². The molecule has 2 fully saturated rings. The van der Waals surface area contributed by atoms with Crippen LogP contribution in [0.4, 0.5) is 5.82 Å². The van der Waals surface area contributed by atoms with Gasteiger partial charge in [0.25, 0.3) is 0 Å². The second-order valence-corrected chi connectivity index (χ2v) is 6.75. The van der Waals surface area contributed by atoms with Gasteiger partial charge in [0, 0.05) is 31.9 Å². The van der Waals surface area contributed by atoms with E-state index in [9.17, 15) is 5.26 Å². The van der Waals surface area contributed by atoms with Gasteiger partial charge in [-0.3, -0.25) is 4.90 Å². The molecule has 2 aliphatic rings. The zero-order chi connectivity index (χ0) is 17.0. The topological polar surface area (TPSA) is 70.4 Å². The van der Waals surface area contributed by atoms with Gasteiger partial charge in [0.15, 0.2) is 0 Å². The predicted octanol–water partition coefficient (Wildman–Crippen LogP) is 1.86. The average Bonchev–Trinajstić information content (AvgIpc) is 2.61. The summed E-state index contributed by atoms with van der Waals surface area (Å²) in [7, 11) is 0. The van der Waals surface area contributed by atoms with Gasteiger partial charge >= 0.3 is 0 Å². The lowest BCUT2D eigenvalue weighted by Gasteiger charge is -2.47. The highest BCUT2D eigenvalue weighted by molar-refractivity contribution is 5.56. The summed E-state index contributed by atoms with van der Waals surface area (Å²) in [4.78, 5) is 7.03. The van der Waals surface area contributed by atoms with Crippen LogP contribution < -0.4 is 5.32 Å². The Kier molecular flexibility index (Phi) is 5.34. The number of hydrogen-bond donors (Lipinski definition) is 1. The summed E-state index contributed by atoms with van der Waals surface area (Å²) in [5.74, 6) is 0.688. The Morgan fingerprint density at radius 2 is 2.08 bits per heavy atom. The van der Waals surface area contributed by atoms with E-state index in [4.69, 9.17) is 9.47 Å². The fraction of sp³-hybridized carbons (Fsp3) is 0.667. The first-order valence-electron chi connectivity index (χ1n) is 8.67. The Morgan fingerprint density at radius 3 is 2.75 bits per heavy atom. The molecule has 3 rings (SSSR count). The van der Waals surface area contributed by atoms with Crippen LogP contribution in [-0.2, 0) is 9.47 Å². The number of nitrogens with one attached hydrogen (secondary N) is 1. The van der Waals surface area contributed by atoms with Crippen molar-refractivity contribution in [2.75, 3.05) is 51.4 Å². The highest BCUT2D eigenvalue weighted by Crippen LogP contribution is 2.28. The molecule has 130 valence electrons. The summed E-state index contributed by atoms with van der Waals surface area (Å²) >= 11 is 0. The van der Waals surface area contributed by atoms with E-state index in [2.05, 4.69) is 21.3 Å². The van der Waals surface area contributed by atoms with Crippen LogP contribution in [0.15, 0.2) is 6.07 Å². The fourth-order valence-corrected chi connectivity index (χ4v) is 3.73. The number of aryl methyl sites for hydroxylation is 2. The molecule has 1 aromatic rings. The van der Waals surface area contributed by atoms with Crippen molar-refractivity contribution in [1.29, 1.82) is 5.26 Å². The van der Waals surface area contributed by atoms with Gasteiger partial charge in [-0.1, -0.05) is 0 Å². The van der Waals surface area contributed by atoms with E-state index in [0.717, 1.165) is 63.6 Å². The number of rotatable bonds is 4. The minimum Gasteiger partial charge on any atom is -0.379 e. The van der Waals surface area contributed by atoms with Crippen molar-refractivity contribution >= 4 is 5.82 Å². The summed E-state index contributed by atoms with van der Waals surface area (Å²) in [6.45, 7) is 9.59.